The summed E-state index contributed by atoms with van der Waals surface area (Å²) >= 11 is 0. The zero-order chi connectivity index (χ0) is 16.4. The first-order valence-electron chi connectivity index (χ1n) is 7.49. The van der Waals surface area contributed by atoms with Crippen molar-refractivity contribution in [3.8, 4) is 0 Å². The lowest BCUT2D eigenvalue weighted by Gasteiger charge is -2.27. The Morgan fingerprint density at radius 1 is 1.22 bits per heavy atom. The summed E-state index contributed by atoms with van der Waals surface area (Å²) in [4.78, 5) is 5.86. The van der Waals surface area contributed by atoms with Gasteiger partial charge in [-0.3, -0.25) is 4.90 Å². The van der Waals surface area contributed by atoms with Gasteiger partial charge in [-0.15, -0.1) is 0 Å². The molecule has 3 rings (SSSR count). The van der Waals surface area contributed by atoms with Crippen molar-refractivity contribution < 1.29 is 18.3 Å². The second kappa shape index (κ2) is 6.33. The fourth-order valence-electron chi connectivity index (χ4n) is 3.16. The van der Waals surface area contributed by atoms with E-state index in [1.807, 2.05) is 15.7 Å². The lowest BCUT2D eigenvalue weighted by Crippen LogP contribution is -2.29. The van der Waals surface area contributed by atoms with Crippen LogP contribution in [0.5, 0.6) is 0 Å². The zero-order valence-electron chi connectivity index (χ0n) is 12.4. The first-order valence-corrected chi connectivity index (χ1v) is 7.49. The molecule has 1 fully saturated rings. The molecule has 1 saturated heterocycles. The molecule has 0 unspecified atom stereocenters. The highest BCUT2D eigenvalue weighted by Gasteiger charge is 2.39. The van der Waals surface area contributed by atoms with Gasteiger partial charge in [-0.25, -0.2) is 4.98 Å². The maximum atomic E-state index is 13.2. The van der Waals surface area contributed by atoms with Crippen molar-refractivity contribution in [3.05, 3.63) is 54.1 Å². The van der Waals surface area contributed by atoms with Crippen LogP contribution in [0.4, 0.5) is 13.2 Å². The third-order valence-electron chi connectivity index (χ3n) is 4.21. The summed E-state index contributed by atoms with van der Waals surface area (Å²) < 4.78 is 41.6. The molecule has 0 amide bonds. The van der Waals surface area contributed by atoms with Gasteiger partial charge in [0.25, 0.3) is 0 Å². The van der Waals surface area contributed by atoms with Gasteiger partial charge >= 0.3 is 6.18 Å². The van der Waals surface area contributed by atoms with E-state index in [-0.39, 0.29) is 5.56 Å². The second-order valence-electron chi connectivity index (χ2n) is 5.79. The van der Waals surface area contributed by atoms with Crippen LogP contribution < -0.4 is 0 Å². The molecule has 2 atom stereocenters. The number of rotatable bonds is 4. The number of imidazole rings is 1. The van der Waals surface area contributed by atoms with Crippen molar-refractivity contribution >= 4 is 0 Å². The normalized spacial score (nSPS) is 22.6. The number of benzene rings is 1. The Kier molecular flexibility index (Phi) is 4.41. The molecule has 4 nitrogen and oxygen atoms in total. The quantitative estimate of drug-likeness (QED) is 0.940. The van der Waals surface area contributed by atoms with Gasteiger partial charge in [0, 0.05) is 38.1 Å². The number of nitrogens with zero attached hydrogens (tertiary/aromatic N) is 3. The van der Waals surface area contributed by atoms with E-state index < -0.39 is 23.9 Å². The molecular weight excluding hydrogens is 307 g/mol. The monoisotopic (exact) mass is 325 g/mol. The molecule has 1 aromatic heterocycles. The topological polar surface area (TPSA) is 41.3 Å². The van der Waals surface area contributed by atoms with Crippen LogP contribution in [0.2, 0.25) is 0 Å². The summed E-state index contributed by atoms with van der Waals surface area (Å²) in [6.07, 6.45) is 0.465. The summed E-state index contributed by atoms with van der Waals surface area (Å²) in [6.45, 7) is 1.56. The Bertz CT molecular complexity index is 642. The van der Waals surface area contributed by atoms with E-state index in [0.717, 1.165) is 6.07 Å². The third kappa shape index (κ3) is 3.56. The minimum Gasteiger partial charge on any atom is -0.392 e. The largest absolute Gasteiger partial charge is 0.416 e. The number of aliphatic hydroxyl groups is 1. The van der Waals surface area contributed by atoms with E-state index in [2.05, 4.69) is 4.98 Å². The lowest BCUT2D eigenvalue weighted by atomic mass is 9.97. The van der Waals surface area contributed by atoms with Gasteiger partial charge in [-0.05, 0) is 18.1 Å². The summed E-state index contributed by atoms with van der Waals surface area (Å²) in [6, 6.07) is 5.20. The number of likely N-dealkylation sites (tertiary alicyclic amines) is 1. The Balaban J connectivity index is 1.82. The van der Waals surface area contributed by atoms with Gasteiger partial charge in [0.1, 0.15) is 0 Å². The summed E-state index contributed by atoms with van der Waals surface area (Å²) in [5.74, 6) is 0. The van der Waals surface area contributed by atoms with Crippen LogP contribution in [0.25, 0.3) is 0 Å². The molecule has 0 spiro atoms. The third-order valence-corrected chi connectivity index (χ3v) is 4.21. The van der Waals surface area contributed by atoms with Gasteiger partial charge in [0.05, 0.1) is 18.0 Å². The van der Waals surface area contributed by atoms with Crippen molar-refractivity contribution in [2.45, 2.75) is 31.3 Å². The maximum Gasteiger partial charge on any atom is 0.416 e. The summed E-state index contributed by atoms with van der Waals surface area (Å²) in [5.41, 5.74) is -0.381. The number of aliphatic hydroxyl groups excluding tert-OH is 1. The molecule has 2 heterocycles. The molecule has 7 heteroatoms. The predicted octanol–water partition coefficient (Wildman–Crippen LogP) is 2.71. The molecule has 1 aliphatic rings. The number of hydrogen-bond acceptors (Lipinski definition) is 3. The van der Waals surface area contributed by atoms with Crippen molar-refractivity contribution in [1.82, 2.24) is 14.5 Å². The van der Waals surface area contributed by atoms with E-state index in [0.29, 0.717) is 26.1 Å². The first kappa shape index (κ1) is 16.0. The second-order valence-corrected chi connectivity index (χ2v) is 5.79. The van der Waals surface area contributed by atoms with E-state index >= 15 is 0 Å². The molecule has 0 radical (unpaired) electrons. The average molecular weight is 325 g/mol. The number of halogens is 3. The van der Waals surface area contributed by atoms with Gasteiger partial charge in [-0.2, -0.15) is 13.2 Å². The molecule has 1 aliphatic heterocycles. The predicted molar refractivity (Wildman–Crippen MR) is 78.6 cm³/mol. The van der Waals surface area contributed by atoms with Gasteiger partial charge in [0.2, 0.25) is 0 Å². The number of alkyl halides is 3. The highest BCUT2D eigenvalue weighted by molar-refractivity contribution is 5.33. The van der Waals surface area contributed by atoms with Crippen LogP contribution in [0.3, 0.4) is 0 Å². The summed E-state index contributed by atoms with van der Waals surface area (Å²) in [5, 5.41) is 9.94. The first-order chi connectivity index (χ1) is 10.9. The van der Waals surface area contributed by atoms with Crippen molar-refractivity contribution in [2.24, 2.45) is 0 Å². The molecular formula is C16H18F3N3O. The summed E-state index contributed by atoms with van der Waals surface area (Å²) in [7, 11) is 0. The van der Waals surface area contributed by atoms with Gasteiger partial charge in [0.15, 0.2) is 0 Å². The van der Waals surface area contributed by atoms with Crippen molar-refractivity contribution in [3.63, 3.8) is 0 Å². The maximum absolute atomic E-state index is 13.2. The van der Waals surface area contributed by atoms with E-state index in [9.17, 15) is 18.3 Å². The molecule has 1 aromatic carbocycles. The van der Waals surface area contributed by atoms with Crippen molar-refractivity contribution in [1.29, 1.82) is 0 Å². The van der Waals surface area contributed by atoms with Crippen molar-refractivity contribution in [2.75, 3.05) is 13.1 Å². The molecule has 0 bridgehead atoms. The molecule has 1 N–H and O–H groups in total. The zero-order valence-corrected chi connectivity index (χ0v) is 12.4. The highest BCUT2D eigenvalue weighted by atomic mass is 19.4. The molecule has 2 aromatic rings. The van der Waals surface area contributed by atoms with Crippen LogP contribution in [0.1, 0.15) is 23.6 Å². The molecule has 23 heavy (non-hydrogen) atoms. The smallest absolute Gasteiger partial charge is 0.392 e. The number of hydrogen-bond donors (Lipinski definition) is 1. The van der Waals surface area contributed by atoms with Crippen LogP contribution in [0, 0.1) is 0 Å². The number of aromatic nitrogens is 2. The van der Waals surface area contributed by atoms with Crippen LogP contribution in [0.15, 0.2) is 43.0 Å². The Hall–Kier alpha value is -1.86. The highest BCUT2D eigenvalue weighted by Crippen LogP contribution is 2.40. The minimum atomic E-state index is -4.39. The standard InChI is InChI=1S/C16H18F3N3O/c17-16(18,19)14-4-2-1-3-13(14)15-9-12(23)10-22(15)8-7-21-6-5-20-11-21/h1-6,11-12,15,23H,7-10H2/t12-,15+/m1/s1. The van der Waals surface area contributed by atoms with Crippen LogP contribution in [-0.4, -0.2) is 38.8 Å². The Morgan fingerprint density at radius 2 is 2.00 bits per heavy atom. The SMILES string of the molecule is O[C@@H]1C[C@@H](c2ccccc2C(F)(F)F)N(CCn2ccnc2)C1. The average Bonchev–Trinajstić information content (AvgIpc) is 3.13. The Morgan fingerprint density at radius 3 is 2.70 bits per heavy atom. The van der Waals surface area contributed by atoms with Gasteiger partial charge in [-0.1, -0.05) is 18.2 Å². The van der Waals surface area contributed by atoms with E-state index in [4.69, 9.17) is 0 Å². The van der Waals surface area contributed by atoms with E-state index in [1.54, 1.807) is 18.6 Å². The van der Waals surface area contributed by atoms with Crippen LogP contribution in [-0.2, 0) is 12.7 Å². The minimum absolute atomic E-state index is 0.238. The Labute approximate surface area is 132 Å². The van der Waals surface area contributed by atoms with Crippen LogP contribution >= 0.6 is 0 Å². The molecule has 0 saturated carbocycles. The lowest BCUT2D eigenvalue weighted by molar-refractivity contribution is -0.138. The van der Waals surface area contributed by atoms with Gasteiger partial charge < -0.3 is 9.67 Å². The fourth-order valence-corrected chi connectivity index (χ4v) is 3.16. The molecule has 0 aliphatic carbocycles. The fraction of sp³-hybridized carbons (Fsp3) is 0.438. The number of β-amino-alcohol motifs (C(OH)–C–C–N with tert-alkyl or cyclic N) is 1. The van der Waals surface area contributed by atoms with E-state index in [1.165, 1.54) is 12.1 Å². The molecule has 124 valence electrons.